The van der Waals surface area contributed by atoms with E-state index in [1.54, 1.807) is 6.92 Å². The minimum Gasteiger partial charge on any atom is -0.484 e. The van der Waals surface area contributed by atoms with Gasteiger partial charge in [-0.25, -0.2) is 0 Å². The standard InChI is InChI=1S/C18H21NO3S/c1-18(21,16-6-3-9-23-16)12-19-17(20)11-22-15-8-7-13-4-2-5-14(13)10-15/h3,6-10,21H,2,4-5,11-12H2,1H3,(H,19,20). The van der Waals surface area contributed by atoms with Gasteiger partial charge in [0, 0.05) is 4.88 Å². The van der Waals surface area contributed by atoms with E-state index in [0.717, 1.165) is 23.5 Å². The van der Waals surface area contributed by atoms with Crippen molar-refractivity contribution in [3.63, 3.8) is 0 Å². The molecule has 1 aromatic heterocycles. The van der Waals surface area contributed by atoms with Crippen LogP contribution in [0.5, 0.6) is 5.75 Å². The molecule has 0 saturated carbocycles. The number of carbonyl (C=O) groups is 1. The predicted octanol–water partition coefficient (Wildman–Crippen LogP) is 2.64. The van der Waals surface area contributed by atoms with Crippen molar-refractivity contribution >= 4 is 17.2 Å². The number of aryl methyl sites for hydroxylation is 2. The zero-order valence-electron chi connectivity index (χ0n) is 13.2. The number of ether oxygens (including phenoxy) is 1. The van der Waals surface area contributed by atoms with Crippen LogP contribution >= 0.6 is 11.3 Å². The molecule has 4 nitrogen and oxygen atoms in total. The van der Waals surface area contributed by atoms with Crippen LogP contribution < -0.4 is 10.1 Å². The van der Waals surface area contributed by atoms with Crippen LogP contribution in [0.15, 0.2) is 35.7 Å². The molecule has 0 radical (unpaired) electrons. The van der Waals surface area contributed by atoms with Crippen molar-refractivity contribution in [2.24, 2.45) is 0 Å². The number of thiophene rings is 1. The lowest BCUT2D eigenvalue weighted by Crippen LogP contribution is -2.40. The second kappa shape index (κ2) is 6.72. The Bertz CT molecular complexity index is 680. The molecule has 0 saturated heterocycles. The number of carbonyl (C=O) groups excluding carboxylic acids is 1. The van der Waals surface area contributed by atoms with E-state index in [1.807, 2.05) is 29.6 Å². The van der Waals surface area contributed by atoms with E-state index in [-0.39, 0.29) is 19.1 Å². The summed E-state index contributed by atoms with van der Waals surface area (Å²) in [5.41, 5.74) is 1.65. The third-order valence-electron chi connectivity index (χ3n) is 4.12. The average molecular weight is 331 g/mol. The van der Waals surface area contributed by atoms with Gasteiger partial charge in [0.15, 0.2) is 6.61 Å². The molecule has 3 rings (SSSR count). The van der Waals surface area contributed by atoms with Crippen molar-refractivity contribution in [1.82, 2.24) is 5.32 Å². The molecular formula is C18H21NO3S. The summed E-state index contributed by atoms with van der Waals surface area (Å²) < 4.78 is 5.56. The largest absolute Gasteiger partial charge is 0.484 e. The zero-order chi connectivity index (χ0) is 16.3. The molecule has 1 atom stereocenters. The Hall–Kier alpha value is -1.85. The summed E-state index contributed by atoms with van der Waals surface area (Å²) in [5, 5.41) is 15.0. The second-order valence-electron chi connectivity index (χ2n) is 6.10. The van der Waals surface area contributed by atoms with Crippen LogP contribution in [0.25, 0.3) is 0 Å². The fourth-order valence-electron chi connectivity index (χ4n) is 2.78. The fourth-order valence-corrected chi connectivity index (χ4v) is 3.57. The van der Waals surface area contributed by atoms with E-state index in [9.17, 15) is 9.90 Å². The van der Waals surface area contributed by atoms with Crippen LogP contribution in [0, 0.1) is 0 Å². The minimum absolute atomic E-state index is 0.0424. The van der Waals surface area contributed by atoms with E-state index >= 15 is 0 Å². The maximum Gasteiger partial charge on any atom is 0.258 e. The molecule has 1 aliphatic carbocycles. The smallest absolute Gasteiger partial charge is 0.258 e. The van der Waals surface area contributed by atoms with Crippen LogP contribution in [0.4, 0.5) is 0 Å². The van der Waals surface area contributed by atoms with Gasteiger partial charge in [-0.05, 0) is 60.9 Å². The third kappa shape index (κ3) is 3.92. The molecule has 1 amide bonds. The lowest BCUT2D eigenvalue weighted by molar-refractivity contribution is -0.124. The van der Waals surface area contributed by atoms with Gasteiger partial charge in [-0.1, -0.05) is 12.1 Å². The van der Waals surface area contributed by atoms with Crippen molar-refractivity contribution in [1.29, 1.82) is 0 Å². The normalized spacial score (nSPS) is 15.7. The van der Waals surface area contributed by atoms with E-state index in [0.29, 0.717) is 0 Å². The summed E-state index contributed by atoms with van der Waals surface area (Å²) in [4.78, 5) is 12.8. The lowest BCUT2D eigenvalue weighted by Gasteiger charge is -2.22. The molecule has 2 N–H and O–H groups in total. The van der Waals surface area contributed by atoms with Gasteiger partial charge < -0.3 is 15.2 Å². The maximum atomic E-state index is 11.9. The topological polar surface area (TPSA) is 58.6 Å². The van der Waals surface area contributed by atoms with Gasteiger partial charge in [-0.3, -0.25) is 4.79 Å². The number of aliphatic hydroxyl groups is 1. The SMILES string of the molecule is CC(O)(CNC(=O)COc1ccc2c(c1)CCC2)c1cccs1. The van der Waals surface area contributed by atoms with E-state index in [2.05, 4.69) is 11.4 Å². The Morgan fingerprint density at radius 1 is 1.35 bits per heavy atom. The molecule has 0 aliphatic heterocycles. The highest BCUT2D eigenvalue weighted by atomic mass is 32.1. The summed E-state index contributed by atoms with van der Waals surface area (Å²) in [6.07, 6.45) is 3.41. The van der Waals surface area contributed by atoms with Gasteiger partial charge in [-0.2, -0.15) is 0 Å². The first-order valence-electron chi connectivity index (χ1n) is 7.82. The number of nitrogens with one attached hydrogen (secondary N) is 1. The number of hydrogen-bond donors (Lipinski definition) is 2. The summed E-state index contributed by atoms with van der Waals surface area (Å²) in [6.45, 7) is 1.82. The number of benzene rings is 1. The van der Waals surface area contributed by atoms with Gasteiger partial charge in [-0.15, -0.1) is 11.3 Å². The van der Waals surface area contributed by atoms with Gasteiger partial charge in [0.1, 0.15) is 11.4 Å². The summed E-state index contributed by atoms with van der Waals surface area (Å²) in [7, 11) is 0. The van der Waals surface area contributed by atoms with Gasteiger partial charge in [0.2, 0.25) is 0 Å². The molecule has 122 valence electrons. The number of fused-ring (bicyclic) bond motifs is 1. The first-order valence-corrected chi connectivity index (χ1v) is 8.70. The van der Waals surface area contributed by atoms with Gasteiger partial charge >= 0.3 is 0 Å². The van der Waals surface area contributed by atoms with Crippen LogP contribution in [0.1, 0.15) is 29.3 Å². The third-order valence-corrected chi connectivity index (χ3v) is 5.24. The first kappa shape index (κ1) is 16.0. The second-order valence-corrected chi connectivity index (χ2v) is 7.05. The molecule has 1 aliphatic rings. The zero-order valence-corrected chi connectivity index (χ0v) is 14.0. The highest BCUT2D eigenvalue weighted by Gasteiger charge is 2.24. The monoisotopic (exact) mass is 331 g/mol. The van der Waals surface area contributed by atoms with Crippen molar-refractivity contribution in [3.05, 3.63) is 51.7 Å². The Labute approximate surface area is 140 Å². The summed E-state index contributed by atoms with van der Waals surface area (Å²) in [5.74, 6) is 0.494. The predicted molar refractivity (Wildman–Crippen MR) is 90.9 cm³/mol. The molecule has 5 heteroatoms. The van der Waals surface area contributed by atoms with Crippen molar-refractivity contribution < 1.29 is 14.6 Å². The highest BCUT2D eigenvalue weighted by Crippen LogP contribution is 2.26. The number of hydrogen-bond acceptors (Lipinski definition) is 4. The Morgan fingerprint density at radius 2 is 2.17 bits per heavy atom. The van der Waals surface area contributed by atoms with Gasteiger partial charge in [0.05, 0.1) is 6.54 Å². The minimum atomic E-state index is -1.06. The molecule has 1 aromatic carbocycles. The van der Waals surface area contributed by atoms with Crippen LogP contribution in [0.2, 0.25) is 0 Å². The quantitative estimate of drug-likeness (QED) is 0.855. The molecule has 0 fully saturated rings. The molecule has 2 aromatic rings. The van der Waals surface area contributed by atoms with Gasteiger partial charge in [0.25, 0.3) is 5.91 Å². The molecule has 1 heterocycles. The van der Waals surface area contributed by atoms with E-state index in [4.69, 9.17) is 4.74 Å². The highest BCUT2D eigenvalue weighted by molar-refractivity contribution is 7.10. The van der Waals surface area contributed by atoms with Crippen LogP contribution in [-0.2, 0) is 23.2 Å². The fraction of sp³-hybridized carbons (Fsp3) is 0.389. The first-order chi connectivity index (χ1) is 11.0. The molecule has 0 bridgehead atoms. The van der Waals surface area contributed by atoms with Crippen molar-refractivity contribution in [2.75, 3.05) is 13.2 Å². The Balaban J connectivity index is 1.48. The van der Waals surface area contributed by atoms with Crippen LogP contribution in [-0.4, -0.2) is 24.2 Å². The molecule has 0 spiro atoms. The number of rotatable bonds is 6. The molecule has 23 heavy (non-hydrogen) atoms. The maximum absolute atomic E-state index is 11.9. The summed E-state index contributed by atoms with van der Waals surface area (Å²) in [6, 6.07) is 9.76. The van der Waals surface area contributed by atoms with E-state index in [1.165, 1.54) is 28.9 Å². The summed E-state index contributed by atoms with van der Waals surface area (Å²) >= 11 is 1.47. The average Bonchev–Trinajstić information content (AvgIpc) is 3.21. The Morgan fingerprint density at radius 3 is 2.96 bits per heavy atom. The molecular weight excluding hydrogens is 310 g/mol. The van der Waals surface area contributed by atoms with E-state index < -0.39 is 5.60 Å². The lowest BCUT2D eigenvalue weighted by atomic mass is 10.1. The van der Waals surface area contributed by atoms with Crippen molar-refractivity contribution in [3.8, 4) is 5.75 Å². The number of amides is 1. The van der Waals surface area contributed by atoms with Crippen LogP contribution in [0.3, 0.4) is 0 Å². The molecule has 1 unspecified atom stereocenters. The van der Waals surface area contributed by atoms with Crippen molar-refractivity contribution in [2.45, 2.75) is 31.8 Å². The Kier molecular flexibility index (Phi) is 4.68.